The average molecular weight is 834 g/mol. The van der Waals surface area contributed by atoms with Crippen molar-refractivity contribution in [2.45, 2.75) is 90.9 Å². The van der Waals surface area contributed by atoms with Crippen molar-refractivity contribution in [3.63, 3.8) is 0 Å². The highest BCUT2D eigenvalue weighted by molar-refractivity contribution is 7.27. The molecule has 14 heteroatoms. The number of fused-ring (bicyclic) bond motifs is 2. The summed E-state index contributed by atoms with van der Waals surface area (Å²) in [5.41, 5.74) is 9.61. The largest absolute Gasteiger partial charge is 0.387 e. The van der Waals surface area contributed by atoms with Gasteiger partial charge in [-0.1, -0.05) is 58.0 Å². The van der Waals surface area contributed by atoms with E-state index >= 15 is 0 Å². The molecule has 59 heavy (non-hydrogen) atoms. The predicted octanol–water partition coefficient (Wildman–Crippen LogP) is 7.31. The lowest BCUT2D eigenvalue weighted by Gasteiger charge is -2.31. The number of nitrogens with zero attached hydrogens (tertiary/aromatic N) is 4. The van der Waals surface area contributed by atoms with E-state index in [0.717, 1.165) is 64.9 Å². The Balaban J connectivity index is 0.951. The van der Waals surface area contributed by atoms with Crippen LogP contribution in [0.5, 0.6) is 0 Å². The Kier molecular flexibility index (Phi) is 11.6. The molecule has 308 valence electrons. The number of allylic oxidation sites excluding steroid dienone is 1. The van der Waals surface area contributed by atoms with Crippen LogP contribution in [0.1, 0.15) is 84.2 Å². The Morgan fingerprint density at radius 1 is 0.814 bits per heavy atom. The van der Waals surface area contributed by atoms with Crippen LogP contribution in [0.2, 0.25) is 0 Å². The number of likely N-dealkylation sites (tertiary alicyclic amines) is 2. The van der Waals surface area contributed by atoms with E-state index in [-0.39, 0.29) is 41.6 Å². The minimum atomic E-state index is -0.719. The standard InChI is InChI=1S/C45H51N7O5S2/c1-24(2)39(47-26(5)54)44(56)51-16-6-8-36(51)35-19-30(20-46-35)32-23-59-41-31(22-58-42(32)41)28-12-10-27(11-13-28)29-14-15-33-34(18-29)49-43(48-33)37-9-7-17-52(37)45(57)40(25(3)4)50-38(55)21-53/h10-15,18,20,22-25,36-37,39-40,53H,6-9,16-17,19,21H2,1-5H3,(H,47,54)(H,48,49)(H,50,55)/t36?,37?,39-,40+/m0/s1. The van der Waals surface area contributed by atoms with Crippen LogP contribution in [-0.2, 0) is 19.2 Å². The number of thiophene rings is 2. The van der Waals surface area contributed by atoms with Gasteiger partial charge in [0.2, 0.25) is 23.6 Å². The van der Waals surface area contributed by atoms with Crippen molar-refractivity contribution in [1.29, 1.82) is 0 Å². The fourth-order valence-corrected chi connectivity index (χ4v) is 11.3. The van der Waals surface area contributed by atoms with Crippen LogP contribution in [0.15, 0.2) is 64.4 Å². The van der Waals surface area contributed by atoms with Gasteiger partial charge in [0.25, 0.3) is 0 Å². The zero-order valence-corrected chi connectivity index (χ0v) is 35.7. The lowest BCUT2D eigenvalue weighted by atomic mass is 9.98. The van der Waals surface area contributed by atoms with Gasteiger partial charge in [0.1, 0.15) is 24.5 Å². The van der Waals surface area contributed by atoms with E-state index in [4.69, 9.17) is 9.98 Å². The minimum Gasteiger partial charge on any atom is -0.387 e. The van der Waals surface area contributed by atoms with Crippen LogP contribution >= 0.6 is 22.7 Å². The highest BCUT2D eigenvalue weighted by Gasteiger charge is 2.39. The van der Waals surface area contributed by atoms with Gasteiger partial charge in [-0.15, -0.1) is 22.7 Å². The third-order valence-corrected chi connectivity index (χ3v) is 14.0. The molecule has 0 bridgehead atoms. The molecular formula is C45H51N7O5S2. The van der Waals surface area contributed by atoms with Crippen LogP contribution in [0.3, 0.4) is 0 Å². The van der Waals surface area contributed by atoms with Gasteiger partial charge in [0.05, 0.1) is 32.5 Å². The molecule has 3 aliphatic heterocycles. The highest BCUT2D eigenvalue weighted by Crippen LogP contribution is 2.45. The molecule has 6 heterocycles. The van der Waals surface area contributed by atoms with Gasteiger partial charge in [0.15, 0.2) is 0 Å². The lowest BCUT2D eigenvalue weighted by molar-refractivity contribution is -0.139. The Hall–Kier alpha value is -5.18. The molecular weight excluding hydrogens is 783 g/mol. The zero-order valence-electron chi connectivity index (χ0n) is 34.1. The maximum Gasteiger partial charge on any atom is 0.246 e. The van der Waals surface area contributed by atoms with E-state index < -0.39 is 24.6 Å². The number of rotatable bonds is 12. The molecule has 0 aliphatic carbocycles. The number of carbonyl (C=O) groups excluding carboxylic acids is 4. The molecule has 2 fully saturated rings. The van der Waals surface area contributed by atoms with Crippen molar-refractivity contribution >= 4 is 78.0 Å². The van der Waals surface area contributed by atoms with Crippen LogP contribution in [-0.4, -0.2) is 92.0 Å². The van der Waals surface area contributed by atoms with Gasteiger partial charge in [-0.25, -0.2) is 4.98 Å². The molecule has 0 saturated carbocycles. The van der Waals surface area contributed by atoms with Crippen molar-refractivity contribution in [2.24, 2.45) is 16.8 Å². The minimum absolute atomic E-state index is 0.00810. The number of amides is 4. The Bertz CT molecular complexity index is 2480. The summed E-state index contributed by atoms with van der Waals surface area (Å²) < 4.78 is 2.50. The molecule has 3 aliphatic rings. The number of aliphatic hydroxyl groups is 1. The normalized spacial score (nSPS) is 19.2. The fourth-order valence-electron chi connectivity index (χ4n) is 8.78. The van der Waals surface area contributed by atoms with Gasteiger partial charge in [-0.2, -0.15) is 0 Å². The molecule has 0 radical (unpaired) electrons. The number of hydrogen-bond donors (Lipinski definition) is 4. The monoisotopic (exact) mass is 833 g/mol. The SMILES string of the molecule is CC(=O)N[C@H](C(=O)N1CCCC1C1=NC=C(c2csc3c(-c4ccc(-c5ccc6nc(C7CCCN7C(=O)[C@H](NC(=O)CO)C(C)C)[nH]c6c5)cc4)csc23)C1)C(C)C. The fraction of sp³-hybridized carbons (Fsp3) is 0.422. The molecule has 2 aromatic carbocycles. The highest BCUT2D eigenvalue weighted by atomic mass is 32.1. The van der Waals surface area contributed by atoms with Crippen molar-refractivity contribution < 1.29 is 24.3 Å². The summed E-state index contributed by atoms with van der Waals surface area (Å²) in [4.78, 5) is 68.1. The quantitative estimate of drug-likeness (QED) is 0.103. The van der Waals surface area contributed by atoms with E-state index in [1.165, 1.54) is 33.0 Å². The Labute approximate surface area is 351 Å². The number of carbonyl (C=O) groups is 4. The van der Waals surface area contributed by atoms with E-state index in [9.17, 15) is 24.3 Å². The van der Waals surface area contributed by atoms with Crippen LogP contribution in [0.25, 0.3) is 48.3 Å². The second kappa shape index (κ2) is 16.8. The smallest absolute Gasteiger partial charge is 0.246 e. The first-order chi connectivity index (χ1) is 28.4. The first-order valence-corrected chi connectivity index (χ1v) is 22.3. The lowest BCUT2D eigenvalue weighted by Crippen LogP contribution is -2.53. The van der Waals surface area contributed by atoms with Crippen LogP contribution < -0.4 is 10.6 Å². The number of H-pyrrole nitrogens is 1. The van der Waals surface area contributed by atoms with Crippen molar-refractivity contribution in [1.82, 2.24) is 30.4 Å². The molecule has 3 aromatic heterocycles. The second-order valence-corrected chi connectivity index (χ2v) is 18.3. The maximum atomic E-state index is 13.6. The Morgan fingerprint density at radius 2 is 1.41 bits per heavy atom. The molecule has 4 N–H and O–H groups in total. The number of aromatic amines is 1. The first-order valence-electron chi connectivity index (χ1n) is 20.5. The van der Waals surface area contributed by atoms with Gasteiger partial charge < -0.3 is 30.5 Å². The van der Waals surface area contributed by atoms with Crippen LogP contribution in [0, 0.1) is 11.8 Å². The number of imidazole rings is 1. The summed E-state index contributed by atoms with van der Waals surface area (Å²) in [6.45, 7) is 9.76. The number of aliphatic imine (C=N–C) groups is 1. The molecule has 2 unspecified atom stereocenters. The summed E-state index contributed by atoms with van der Waals surface area (Å²) in [5.74, 6) is -0.348. The second-order valence-electron chi connectivity index (χ2n) is 16.6. The summed E-state index contributed by atoms with van der Waals surface area (Å²) in [5, 5.41) is 19.3. The molecule has 4 atom stereocenters. The first kappa shape index (κ1) is 40.6. The summed E-state index contributed by atoms with van der Waals surface area (Å²) in [6, 6.07) is 13.3. The number of aliphatic hydroxyl groups excluding tert-OH is 1. The molecule has 2 saturated heterocycles. The maximum absolute atomic E-state index is 13.6. The van der Waals surface area contributed by atoms with E-state index in [2.05, 4.69) is 62.8 Å². The Morgan fingerprint density at radius 3 is 2.07 bits per heavy atom. The third kappa shape index (κ3) is 7.97. The van der Waals surface area contributed by atoms with Crippen molar-refractivity contribution in [3.8, 4) is 22.3 Å². The van der Waals surface area contributed by atoms with Crippen molar-refractivity contribution in [2.75, 3.05) is 19.7 Å². The number of nitrogens with one attached hydrogen (secondary N) is 3. The molecule has 4 amide bonds. The summed E-state index contributed by atoms with van der Waals surface area (Å²) in [7, 11) is 0. The predicted molar refractivity (Wildman–Crippen MR) is 235 cm³/mol. The number of aromatic nitrogens is 2. The third-order valence-electron chi connectivity index (χ3n) is 11.9. The van der Waals surface area contributed by atoms with Gasteiger partial charge in [0, 0.05) is 60.2 Å². The molecule has 0 spiro atoms. The summed E-state index contributed by atoms with van der Waals surface area (Å²) in [6.07, 6.45) is 6.09. The molecule has 12 nitrogen and oxygen atoms in total. The number of benzene rings is 2. The molecule has 8 rings (SSSR count). The number of hydrogen-bond acceptors (Lipinski definition) is 9. The summed E-state index contributed by atoms with van der Waals surface area (Å²) >= 11 is 3.51. The topological polar surface area (TPSA) is 160 Å². The van der Waals surface area contributed by atoms with E-state index in [0.29, 0.717) is 19.5 Å². The van der Waals surface area contributed by atoms with E-state index in [1.807, 2.05) is 44.9 Å². The van der Waals surface area contributed by atoms with Gasteiger partial charge >= 0.3 is 0 Å². The van der Waals surface area contributed by atoms with Crippen molar-refractivity contribution in [3.05, 3.63) is 70.8 Å². The van der Waals surface area contributed by atoms with Crippen LogP contribution in [0.4, 0.5) is 0 Å². The molecule has 5 aromatic rings. The average Bonchev–Trinajstić information content (AvgIpc) is 4.07. The zero-order chi connectivity index (χ0) is 41.5. The van der Waals surface area contributed by atoms with E-state index in [1.54, 1.807) is 27.6 Å². The van der Waals surface area contributed by atoms with Gasteiger partial charge in [-0.3, -0.25) is 24.2 Å². The van der Waals surface area contributed by atoms with Gasteiger partial charge in [-0.05, 0) is 71.9 Å².